The van der Waals surface area contributed by atoms with Gasteiger partial charge in [0.25, 0.3) is 0 Å². The van der Waals surface area contributed by atoms with Gasteiger partial charge < -0.3 is 15.3 Å². The van der Waals surface area contributed by atoms with Gasteiger partial charge in [-0.3, -0.25) is 9.59 Å². The lowest BCUT2D eigenvalue weighted by molar-refractivity contribution is -0.136. The number of thioether (sulfide) groups is 1. The van der Waals surface area contributed by atoms with Gasteiger partial charge in [0.15, 0.2) is 0 Å². The fourth-order valence-corrected chi connectivity index (χ4v) is 3.41. The number of hydrogen-bond donors (Lipinski definition) is 2. The lowest BCUT2D eigenvalue weighted by Crippen LogP contribution is -2.48. The first-order chi connectivity index (χ1) is 7.68. The third kappa shape index (κ3) is 2.49. The van der Waals surface area contributed by atoms with Crippen molar-refractivity contribution in [2.75, 3.05) is 26.2 Å². The van der Waals surface area contributed by atoms with E-state index in [1.807, 2.05) is 4.90 Å². The molecule has 0 aromatic heterocycles. The van der Waals surface area contributed by atoms with Gasteiger partial charge in [0.1, 0.15) is 5.25 Å². The monoisotopic (exact) mass is 244 g/mol. The van der Waals surface area contributed by atoms with Crippen LogP contribution in [0.1, 0.15) is 12.8 Å². The van der Waals surface area contributed by atoms with Crippen LogP contribution in [-0.2, 0) is 9.59 Å². The van der Waals surface area contributed by atoms with Crippen LogP contribution in [0.2, 0.25) is 0 Å². The first-order valence-corrected chi connectivity index (χ1v) is 6.50. The fraction of sp³-hybridized carbons (Fsp3) is 0.800. The summed E-state index contributed by atoms with van der Waals surface area (Å²) in [7, 11) is 0. The number of amides is 1. The second-order valence-corrected chi connectivity index (χ2v) is 5.51. The van der Waals surface area contributed by atoms with Gasteiger partial charge in [-0.05, 0) is 12.8 Å². The van der Waals surface area contributed by atoms with Gasteiger partial charge in [-0.1, -0.05) is 0 Å². The Morgan fingerprint density at radius 1 is 1.19 bits per heavy atom. The maximum Gasteiger partial charge on any atom is 0.316 e. The fourth-order valence-electron chi connectivity index (χ4n) is 2.09. The molecule has 0 bridgehead atoms. The molecule has 2 rings (SSSR count). The van der Waals surface area contributed by atoms with E-state index in [1.54, 1.807) is 0 Å². The first kappa shape index (κ1) is 11.7. The second kappa shape index (κ2) is 5.05. The van der Waals surface area contributed by atoms with Crippen LogP contribution < -0.4 is 5.32 Å². The standard InChI is InChI=1S/C10H16N2O3S/c13-9(12-5-3-11-4-6-12)7-1-2-8(16-7)10(14)15/h7-8,11H,1-6H2,(H,14,15)/t7-,8+/m1/s1. The largest absolute Gasteiger partial charge is 0.480 e. The number of aliphatic carboxylic acids is 1. The molecule has 2 aliphatic rings. The molecule has 0 radical (unpaired) electrons. The molecule has 2 N–H and O–H groups in total. The van der Waals surface area contributed by atoms with Gasteiger partial charge in [-0.2, -0.15) is 0 Å². The number of hydrogen-bond acceptors (Lipinski definition) is 4. The average molecular weight is 244 g/mol. The van der Waals surface area contributed by atoms with Gasteiger partial charge in [-0.25, -0.2) is 0 Å². The zero-order chi connectivity index (χ0) is 11.5. The maximum absolute atomic E-state index is 12.1. The van der Waals surface area contributed by atoms with Crippen molar-refractivity contribution in [1.29, 1.82) is 0 Å². The maximum atomic E-state index is 12.1. The van der Waals surface area contributed by atoms with E-state index in [9.17, 15) is 9.59 Å². The molecule has 2 atom stereocenters. The Hall–Kier alpha value is -0.750. The van der Waals surface area contributed by atoms with E-state index in [4.69, 9.17) is 5.11 Å². The lowest BCUT2D eigenvalue weighted by atomic mass is 10.1. The minimum absolute atomic E-state index is 0.121. The third-order valence-corrected chi connectivity index (χ3v) is 4.53. The summed E-state index contributed by atoms with van der Waals surface area (Å²) >= 11 is 1.31. The van der Waals surface area contributed by atoms with E-state index in [-0.39, 0.29) is 11.2 Å². The molecule has 0 aromatic rings. The highest BCUT2D eigenvalue weighted by atomic mass is 32.2. The zero-order valence-electron chi connectivity index (χ0n) is 9.02. The smallest absolute Gasteiger partial charge is 0.316 e. The number of nitrogens with zero attached hydrogens (tertiary/aromatic N) is 1. The molecule has 5 nitrogen and oxygen atoms in total. The van der Waals surface area contributed by atoms with E-state index in [1.165, 1.54) is 11.8 Å². The highest BCUT2D eigenvalue weighted by molar-refractivity contribution is 8.02. The van der Waals surface area contributed by atoms with Gasteiger partial charge in [0.2, 0.25) is 5.91 Å². The molecule has 16 heavy (non-hydrogen) atoms. The summed E-state index contributed by atoms with van der Waals surface area (Å²) in [5.41, 5.74) is 0. The van der Waals surface area contributed by atoms with Crippen molar-refractivity contribution in [2.45, 2.75) is 23.3 Å². The molecule has 2 aliphatic heterocycles. The van der Waals surface area contributed by atoms with Crippen molar-refractivity contribution < 1.29 is 14.7 Å². The van der Waals surface area contributed by atoms with Gasteiger partial charge in [-0.15, -0.1) is 11.8 Å². The van der Waals surface area contributed by atoms with Crippen LogP contribution >= 0.6 is 11.8 Å². The van der Waals surface area contributed by atoms with E-state index < -0.39 is 11.2 Å². The summed E-state index contributed by atoms with van der Waals surface area (Å²) in [5.74, 6) is -0.670. The topological polar surface area (TPSA) is 69.6 Å². The summed E-state index contributed by atoms with van der Waals surface area (Å²) in [6.45, 7) is 3.16. The molecule has 0 saturated carbocycles. The predicted octanol–water partition coefficient (Wildman–Crippen LogP) is -0.233. The number of carbonyl (C=O) groups excluding carboxylic acids is 1. The van der Waals surface area contributed by atoms with Gasteiger partial charge >= 0.3 is 5.97 Å². The Morgan fingerprint density at radius 2 is 1.81 bits per heavy atom. The molecule has 0 spiro atoms. The van der Waals surface area contributed by atoms with Crippen molar-refractivity contribution >= 4 is 23.6 Å². The number of carbonyl (C=O) groups is 2. The summed E-state index contributed by atoms with van der Waals surface area (Å²) in [6, 6.07) is 0. The average Bonchev–Trinajstić information content (AvgIpc) is 2.78. The molecule has 2 saturated heterocycles. The SMILES string of the molecule is O=C(O)[C@@H]1CC[C@H](C(=O)N2CCNCC2)S1. The highest BCUT2D eigenvalue weighted by Crippen LogP contribution is 2.34. The van der Waals surface area contributed by atoms with Crippen LogP contribution in [0.4, 0.5) is 0 Å². The van der Waals surface area contributed by atoms with Crippen molar-refractivity contribution in [2.24, 2.45) is 0 Å². The van der Waals surface area contributed by atoms with Crippen molar-refractivity contribution in [3.05, 3.63) is 0 Å². The predicted molar refractivity (Wildman–Crippen MR) is 61.5 cm³/mol. The number of carboxylic acids is 1. The molecule has 90 valence electrons. The molecular formula is C10H16N2O3S. The van der Waals surface area contributed by atoms with Crippen molar-refractivity contribution in [3.8, 4) is 0 Å². The van der Waals surface area contributed by atoms with Crippen molar-refractivity contribution in [1.82, 2.24) is 10.2 Å². The number of carboxylic acid groups (broad SMARTS) is 1. The van der Waals surface area contributed by atoms with E-state index in [2.05, 4.69) is 5.32 Å². The lowest BCUT2D eigenvalue weighted by Gasteiger charge is -2.29. The van der Waals surface area contributed by atoms with Crippen LogP contribution in [0.15, 0.2) is 0 Å². The Balaban J connectivity index is 1.88. The molecule has 1 amide bonds. The van der Waals surface area contributed by atoms with Crippen LogP contribution in [0.3, 0.4) is 0 Å². The Labute approximate surface area is 98.6 Å². The highest BCUT2D eigenvalue weighted by Gasteiger charge is 2.36. The minimum atomic E-state index is -0.791. The normalized spacial score (nSPS) is 30.4. The minimum Gasteiger partial charge on any atom is -0.480 e. The summed E-state index contributed by atoms with van der Waals surface area (Å²) < 4.78 is 0. The Bertz CT molecular complexity index is 292. The van der Waals surface area contributed by atoms with Crippen LogP contribution in [0.5, 0.6) is 0 Å². The number of nitrogens with one attached hydrogen (secondary N) is 1. The summed E-state index contributed by atoms with van der Waals surface area (Å²) in [5, 5.41) is 11.5. The van der Waals surface area contributed by atoms with Crippen LogP contribution in [-0.4, -0.2) is 58.6 Å². The molecule has 0 unspecified atom stereocenters. The number of piperazine rings is 1. The quantitative estimate of drug-likeness (QED) is 0.702. The summed E-state index contributed by atoms with van der Waals surface area (Å²) in [4.78, 5) is 24.7. The summed E-state index contributed by atoms with van der Waals surface area (Å²) in [6.07, 6.45) is 1.31. The van der Waals surface area contributed by atoms with E-state index in [0.29, 0.717) is 12.8 Å². The van der Waals surface area contributed by atoms with Crippen LogP contribution in [0, 0.1) is 0 Å². The Kier molecular flexibility index (Phi) is 3.70. The second-order valence-electron chi connectivity index (χ2n) is 4.10. The first-order valence-electron chi connectivity index (χ1n) is 5.56. The number of rotatable bonds is 2. The van der Waals surface area contributed by atoms with Crippen LogP contribution in [0.25, 0.3) is 0 Å². The molecule has 2 fully saturated rings. The molecule has 6 heteroatoms. The molecular weight excluding hydrogens is 228 g/mol. The third-order valence-electron chi connectivity index (χ3n) is 3.00. The van der Waals surface area contributed by atoms with E-state index in [0.717, 1.165) is 26.2 Å². The Morgan fingerprint density at radius 3 is 2.38 bits per heavy atom. The molecule has 0 aliphatic carbocycles. The zero-order valence-corrected chi connectivity index (χ0v) is 9.83. The molecule has 0 aromatic carbocycles. The van der Waals surface area contributed by atoms with Gasteiger partial charge in [0, 0.05) is 26.2 Å². The van der Waals surface area contributed by atoms with Gasteiger partial charge in [0.05, 0.1) is 5.25 Å². The molecule has 2 heterocycles. The van der Waals surface area contributed by atoms with E-state index >= 15 is 0 Å². The van der Waals surface area contributed by atoms with Crippen molar-refractivity contribution in [3.63, 3.8) is 0 Å².